The molecule has 2 rings (SSSR count). The number of carbonyl (C=O) groups excluding carboxylic acids is 2. The summed E-state index contributed by atoms with van der Waals surface area (Å²) in [4.78, 5) is 36.8. The van der Waals surface area contributed by atoms with Gasteiger partial charge in [-0.1, -0.05) is 24.3 Å². The van der Waals surface area contributed by atoms with E-state index in [1.165, 1.54) is 29.2 Å². The van der Waals surface area contributed by atoms with Gasteiger partial charge in [-0.05, 0) is 42.3 Å². The van der Waals surface area contributed by atoms with Crippen molar-refractivity contribution in [1.82, 2.24) is 10.2 Å². The zero-order valence-electron chi connectivity index (χ0n) is 14.9. The second-order valence-electron chi connectivity index (χ2n) is 5.99. The van der Waals surface area contributed by atoms with Crippen molar-refractivity contribution in [3.05, 3.63) is 71.0 Å². The van der Waals surface area contributed by atoms with E-state index in [-0.39, 0.29) is 42.7 Å². The first-order chi connectivity index (χ1) is 12.9. The highest BCUT2D eigenvalue weighted by molar-refractivity contribution is 5.88. The Hall–Kier alpha value is -3.22. The summed E-state index contributed by atoms with van der Waals surface area (Å²) in [7, 11) is 0. The second-order valence-corrected chi connectivity index (χ2v) is 5.99. The smallest absolute Gasteiger partial charge is 0.335 e. The number of hydrogen-bond acceptors (Lipinski definition) is 3. The number of rotatable bonds is 8. The van der Waals surface area contributed by atoms with Crippen molar-refractivity contribution in [2.24, 2.45) is 0 Å². The third-order valence-corrected chi connectivity index (χ3v) is 4.03. The largest absolute Gasteiger partial charge is 0.478 e. The third-order valence-electron chi connectivity index (χ3n) is 4.03. The molecule has 0 spiro atoms. The lowest BCUT2D eigenvalue weighted by Crippen LogP contribution is -2.41. The summed E-state index contributed by atoms with van der Waals surface area (Å²) in [5.74, 6) is -1.90. The second kappa shape index (κ2) is 9.47. The van der Waals surface area contributed by atoms with Crippen molar-refractivity contribution >= 4 is 17.8 Å². The van der Waals surface area contributed by atoms with Gasteiger partial charge in [-0.3, -0.25) is 9.59 Å². The molecule has 0 aromatic heterocycles. The van der Waals surface area contributed by atoms with Crippen molar-refractivity contribution in [2.75, 3.05) is 13.1 Å². The minimum absolute atomic E-state index is 0.0796. The number of nitrogens with zero attached hydrogens (tertiary/aromatic N) is 1. The summed E-state index contributed by atoms with van der Waals surface area (Å²) in [6.07, 6.45) is 0.0823. The zero-order chi connectivity index (χ0) is 19.8. The molecule has 0 aliphatic heterocycles. The molecule has 2 N–H and O–H groups in total. The Morgan fingerprint density at radius 3 is 2.15 bits per heavy atom. The lowest BCUT2D eigenvalue weighted by Gasteiger charge is -2.20. The normalized spacial score (nSPS) is 10.3. The van der Waals surface area contributed by atoms with Gasteiger partial charge in [-0.2, -0.15) is 0 Å². The van der Waals surface area contributed by atoms with Crippen LogP contribution in [-0.4, -0.2) is 40.9 Å². The number of amides is 2. The molecule has 0 saturated carbocycles. The van der Waals surface area contributed by atoms with Crippen LogP contribution in [0.2, 0.25) is 0 Å². The molecule has 0 aliphatic rings. The molecule has 0 atom stereocenters. The lowest BCUT2D eigenvalue weighted by atomic mass is 10.1. The minimum atomic E-state index is -1.03. The van der Waals surface area contributed by atoms with Crippen LogP contribution in [0.5, 0.6) is 0 Å². The van der Waals surface area contributed by atoms with Crippen LogP contribution >= 0.6 is 0 Å². The maximum absolute atomic E-state index is 12.9. The fourth-order valence-corrected chi connectivity index (χ4v) is 2.46. The van der Waals surface area contributed by atoms with E-state index in [9.17, 15) is 18.8 Å². The number of hydrogen-bond donors (Lipinski definition) is 2. The van der Waals surface area contributed by atoms with Crippen molar-refractivity contribution in [3.8, 4) is 0 Å². The molecule has 0 fully saturated rings. The van der Waals surface area contributed by atoms with E-state index in [0.717, 1.165) is 5.56 Å². The molecular formula is C20H21FN2O4. The van der Waals surface area contributed by atoms with Crippen LogP contribution in [0.4, 0.5) is 4.39 Å². The van der Waals surface area contributed by atoms with Crippen LogP contribution in [0.3, 0.4) is 0 Å². The summed E-state index contributed by atoms with van der Waals surface area (Å²) in [6, 6.07) is 11.9. The fourth-order valence-electron chi connectivity index (χ4n) is 2.46. The van der Waals surface area contributed by atoms with Gasteiger partial charge in [0.15, 0.2) is 0 Å². The number of halogens is 1. The van der Waals surface area contributed by atoms with E-state index >= 15 is 0 Å². The lowest BCUT2D eigenvalue weighted by molar-refractivity contribution is -0.135. The van der Waals surface area contributed by atoms with Crippen LogP contribution in [0.1, 0.15) is 28.4 Å². The van der Waals surface area contributed by atoms with Crippen molar-refractivity contribution in [2.45, 2.75) is 19.9 Å². The van der Waals surface area contributed by atoms with Gasteiger partial charge >= 0.3 is 5.97 Å². The van der Waals surface area contributed by atoms with Crippen LogP contribution in [0.25, 0.3) is 0 Å². The van der Waals surface area contributed by atoms with Gasteiger partial charge in [0, 0.05) is 13.1 Å². The number of aromatic carboxylic acids is 1. The zero-order valence-corrected chi connectivity index (χ0v) is 14.9. The molecule has 142 valence electrons. The SMILES string of the molecule is CCN(CC(=O)NCc1ccc(F)cc1)C(=O)Cc1ccc(C(=O)O)cc1. The molecule has 27 heavy (non-hydrogen) atoms. The number of carboxylic acid groups (broad SMARTS) is 1. The first-order valence-corrected chi connectivity index (χ1v) is 8.50. The van der Waals surface area contributed by atoms with Crippen LogP contribution in [0, 0.1) is 5.82 Å². The molecule has 2 aromatic carbocycles. The average molecular weight is 372 g/mol. The number of carbonyl (C=O) groups is 3. The highest BCUT2D eigenvalue weighted by atomic mass is 19.1. The molecular weight excluding hydrogens is 351 g/mol. The molecule has 0 bridgehead atoms. The first kappa shape index (κ1) is 20.1. The number of nitrogens with one attached hydrogen (secondary N) is 1. The summed E-state index contributed by atoms with van der Waals surface area (Å²) >= 11 is 0. The van der Waals surface area contributed by atoms with Crippen molar-refractivity contribution in [3.63, 3.8) is 0 Å². The van der Waals surface area contributed by atoms with Crippen LogP contribution in [-0.2, 0) is 22.6 Å². The highest BCUT2D eigenvalue weighted by Crippen LogP contribution is 2.07. The van der Waals surface area contributed by atoms with Crippen LogP contribution < -0.4 is 5.32 Å². The van der Waals surface area contributed by atoms with Gasteiger partial charge in [-0.25, -0.2) is 9.18 Å². The van der Waals surface area contributed by atoms with E-state index in [0.29, 0.717) is 12.1 Å². The molecule has 6 nitrogen and oxygen atoms in total. The molecule has 2 amide bonds. The van der Waals surface area contributed by atoms with Gasteiger partial charge in [0.1, 0.15) is 5.82 Å². The van der Waals surface area contributed by atoms with E-state index in [1.54, 1.807) is 31.2 Å². The predicted octanol–water partition coefficient (Wildman–Crippen LogP) is 2.23. The van der Waals surface area contributed by atoms with E-state index in [1.807, 2.05) is 0 Å². The van der Waals surface area contributed by atoms with Gasteiger partial charge in [-0.15, -0.1) is 0 Å². The molecule has 0 aliphatic carbocycles. The molecule has 2 aromatic rings. The van der Waals surface area contributed by atoms with E-state index in [4.69, 9.17) is 5.11 Å². The van der Waals surface area contributed by atoms with Gasteiger partial charge in [0.05, 0.1) is 18.5 Å². The quantitative estimate of drug-likeness (QED) is 0.744. The molecule has 0 radical (unpaired) electrons. The van der Waals surface area contributed by atoms with Crippen molar-refractivity contribution in [1.29, 1.82) is 0 Å². The summed E-state index contributed by atoms with van der Waals surface area (Å²) in [5.41, 5.74) is 1.59. The minimum Gasteiger partial charge on any atom is -0.478 e. The Balaban J connectivity index is 1.87. The van der Waals surface area contributed by atoms with Gasteiger partial charge < -0.3 is 15.3 Å². The highest BCUT2D eigenvalue weighted by Gasteiger charge is 2.16. The summed E-state index contributed by atoms with van der Waals surface area (Å²) < 4.78 is 12.9. The average Bonchev–Trinajstić information content (AvgIpc) is 2.66. The molecule has 7 heteroatoms. The monoisotopic (exact) mass is 372 g/mol. The summed E-state index contributed by atoms with van der Waals surface area (Å²) in [6.45, 7) is 2.32. The Labute approximate surface area is 156 Å². The summed E-state index contributed by atoms with van der Waals surface area (Å²) in [5, 5.41) is 11.6. The number of likely N-dealkylation sites (N-methyl/N-ethyl adjacent to an activating group) is 1. The first-order valence-electron chi connectivity index (χ1n) is 8.50. The standard InChI is InChI=1S/C20H21FN2O4/c1-2-23(13-18(24)22-12-15-5-9-17(21)10-6-15)19(25)11-14-3-7-16(8-4-14)20(26)27/h3-10H,2,11-13H2,1H3,(H,22,24)(H,26,27). The van der Waals surface area contributed by atoms with Crippen molar-refractivity contribution < 1.29 is 23.9 Å². The number of carboxylic acids is 1. The Bertz CT molecular complexity index is 804. The topological polar surface area (TPSA) is 86.7 Å². The maximum atomic E-state index is 12.9. The van der Waals surface area contributed by atoms with E-state index < -0.39 is 5.97 Å². The molecule has 0 unspecified atom stereocenters. The maximum Gasteiger partial charge on any atom is 0.335 e. The molecule has 0 saturated heterocycles. The van der Waals surface area contributed by atoms with Gasteiger partial charge in [0.2, 0.25) is 11.8 Å². The van der Waals surface area contributed by atoms with Crippen LogP contribution in [0.15, 0.2) is 48.5 Å². The third kappa shape index (κ3) is 6.22. The van der Waals surface area contributed by atoms with E-state index in [2.05, 4.69) is 5.32 Å². The Morgan fingerprint density at radius 2 is 1.59 bits per heavy atom. The Morgan fingerprint density at radius 1 is 1.00 bits per heavy atom. The Kier molecular flexibility index (Phi) is 7.05. The van der Waals surface area contributed by atoms with Gasteiger partial charge in [0.25, 0.3) is 0 Å². The number of benzene rings is 2. The molecule has 0 heterocycles. The predicted molar refractivity (Wildman–Crippen MR) is 97.6 cm³/mol. The fraction of sp³-hybridized carbons (Fsp3) is 0.250.